The maximum atomic E-state index is 2.38. The Morgan fingerprint density at radius 2 is 1.42 bits per heavy atom. The van der Waals surface area contributed by atoms with Crippen molar-refractivity contribution in [1.82, 2.24) is 0 Å². The Morgan fingerprint density at radius 1 is 0.731 bits per heavy atom. The molecular formula is C24H23N2+. The molecule has 2 heteroatoms. The summed E-state index contributed by atoms with van der Waals surface area (Å²) in [6.07, 6.45) is 0. The fourth-order valence-corrected chi connectivity index (χ4v) is 4.49. The van der Waals surface area contributed by atoms with Crippen LogP contribution in [0, 0.1) is 20.8 Å². The number of rotatable bonds is 0. The third-order valence-electron chi connectivity index (χ3n) is 5.77. The van der Waals surface area contributed by atoms with E-state index in [0.29, 0.717) is 0 Å². The summed E-state index contributed by atoms with van der Waals surface area (Å²) in [5.41, 5.74) is 10.4. The zero-order valence-electron chi connectivity index (χ0n) is 16.0. The first kappa shape index (κ1) is 15.4. The van der Waals surface area contributed by atoms with Crippen LogP contribution in [0.25, 0.3) is 32.9 Å². The minimum atomic E-state index is 1.28. The van der Waals surface area contributed by atoms with Gasteiger partial charge in [-0.1, -0.05) is 18.2 Å². The molecule has 128 valence electrons. The van der Waals surface area contributed by atoms with E-state index in [4.69, 9.17) is 0 Å². The lowest BCUT2D eigenvalue weighted by Gasteiger charge is -2.29. The van der Waals surface area contributed by atoms with Gasteiger partial charge >= 0.3 is 0 Å². The number of aromatic nitrogens is 1. The van der Waals surface area contributed by atoms with Gasteiger partial charge in [-0.05, 0) is 61.7 Å². The van der Waals surface area contributed by atoms with Crippen molar-refractivity contribution in [2.75, 3.05) is 11.9 Å². The van der Waals surface area contributed by atoms with Crippen LogP contribution in [-0.2, 0) is 7.05 Å². The third-order valence-corrected chi connectivity index (χ3v) is 5.77. The molecule has 0 atom stereocenters. The number of benzene rings is 3. The molecule has 0 saturated heterocycles. The molecule has 0 N–H and O–H groups in total. The number of anilines is 2. The minimum Gasteiger partial charge on any atom is -0.343 e. The Labute approximate surface area is 154 Å². The first-order valence-electron chi connectivity index (χ1n) is 9.17. The van der Waals surface area contributed by atoms with Gasteiger partial charge in [0.15, 0.2) is 0 Å². The summed E-state index contributed by atoms with van der Waals surface area (Å²) in [5.74, 6) is 0. The van der Waals surface area contributed by atoms with Gasteiger partial charge in [-0.15, -0.1) is 0 Å². The predicted molar refractivity (Wildman–Crippen MR) is 110 cm³/mol. The molecule has 0 saturated carbocycles. The van der Waals surface area contributed by atoms with Gasteiger partial charge in [-0.25, -0.2) is 0 Å². The number of aryl methyl sites for hydroxylation is 4. The highest BCUT2D eigenvalue weighted by Crippen LogP contribution is 2.47. The molecule has 0 radical (unpaired) electrons. The van der Waals surface area contributed by atoms with E-state index in [9.17, 15) is 0 Å². The number of nitrogens with zero attached hydrogens (tertiary/aromatic N) is 2. The van der Waals surface area contributed by atoms with Crippen LogP contribution >= 0.6 is 0 Å². The highest BCUT2D eigenvalue weighted by Gasteiger charge is 2.31. The van der Waals surface area contributed by atoms with Crippen molar-refractivity contribution in [3.8, 4) is 11.3 Å². The molecule has 0 bridgehead atoms. The molecule has 5 rings (SSSR count). The first-order valence-corrected chi connectivity index (χ1v) is 9.17. The lowest BCUT2D eigenvalue weighted by molar-refractivity contribution is -0.632. The molecule has 26 heavy (non-hydrogen) atoms. The molecule has 2 heterocycles. The Balaban J connectivity index is 2.10. The Kier molecular flexibility index (Phi) is 3.00. The lowest BCUT2D eigenvalue weighted by Crippen LogP contribution is -2.34. The van der Waals surface area contributed by atoms with Crippen LogP contribution < -0.4 is 9.47 Å². The highest BCUT2D eigenvalue weighted by molar-refractivity contribution is 6.17. The summed E-state index contributed by atoms with van der Waals surface area (Å²) >= 11 is 0. The Bertz CT molecular complexity index is 1230. The summed E-state index contributed by atoms with van der Waals surface area (Å²) in [5, 5.41) is 4.03. The second-order valence-electron chi connectivity index (χ2n) is 7.71. The van der Waals surface area contributed by atoms with Crippen molar-refractivity contribution in [3.05, 3.63) is 65.2 Å². The molecule has 0 amide bonds. The summed E-state index contributed by atoms with van der Waals surface area (Å²) in [6.45, 7) is 6.53. The van der Waals surface area contributed by atoms with Crippen molar-refractivity contribution in [1.29, 1.82) is 0 Å². The van der Waals surface area contributed by atoms with E-state index in [0.717, 1.165) is 0 Å². The fourth-order valence-electron chi connectivity index (χ4n) is 4.49. The van der Waals surface area contributed by atoms with E-state index in [1.165, 1.54) is 61.0 Å². The van der Waals surface area contributed by atoms with Crippen molar-refractivity contribution in [2.45, 2.75) is 20.8 Å². The van der Waals surface area contributed by atoms with Gasteiger partial charge < -0.3 is 4.90 Å². The summed E-state index contributed by atoms with van der Waals surface area (Å²) < 4.78 is 2.38. The number of pyridine rings is 1. The monoisotopic (exact) mass is 339 g/mol. The maximum absolute atomic E-state index is 2.38. The largest absolute Gasteiger partial charge is 0.343 e. The zero-order chi connectivity index (χ0) is 18.2. The molecule has 4 aromatic rings. The zero-order valence-corrected chi connectivity index (χ0v) is 16.0. The van der Waals surface area contributed by atoms with E-state index >= 15 is 0 Å². The fraction of sp³-hybridized carbons (Fsp3) is 0.208. The van der Waals surface area contributed by atoms with Crippen LogP contribution in [0.4, 0.5) is 11.4 Å². The molecular weight excluding hydrogens is 316 g/mol. The molecule has 1 aliphatic heterocycles. The minimum absolute atomic E-state index is 1.28. The van der Waals surface area contributed by atoms with Crippen LogP contribution in [0.1, 0.15) is 16.7 Å². The van der Waals surface area contributed by atoms with Gasteiger partial charge in [-0.2, -0.15) is 4.57 Å². The van der Waals surface area contributed by atoms with Crippen LogP contribution in [0.2, 0.25) is 0 Å². The SMILES string of the molecule is Cc1ccc2c(c1)N(C)c1cc(C)cc3c1c-2[n+](C)c1cc(C)ccc31. The van der Waals surface area contributed by atoms with Crippen LogP contribution in [0.3, 0.4) is 0 Å². The van der Waals surface area contributed by atoms with Crippen molar-refractivity contribution < 1.29 is 4.57 Å². The second-order valence-corrected chi connectivity index (χ2v) is 7.71. The average Bonchev–Trinajstić information content (AvgIpc) is 2.61. The van der Waals surface area contributed by atoms with Gasteiger partial charge in [0, 0.05) is 18.5 Å². The van der Waals surface area contributed by atoms with Gasteiger partial charge in [0.05, 0.1) is 27.7 Å². The van der Waals surface area contributed by atoms with Crippen LogP contribution in [-0.4, -0.2) is 7.05 Å². The van der Waals surface area contributed by atoms with E-state index < -0.39 is 0 Å². The maximum Gasteiger partial charge on any atom is 0.224 e. The topological polar surface area (TPSA) is 7.12 Å². The molecule has 0 spiro atoms. The number of hydrogen-bond donors (Lipinski definition) is 0. The lowest BCUT2D eigenvalue weighted by atomic mass is 9.91. The number of hydrogen-bond acceptors (Lipinski definition) is 1. The summed E-state index contributed by atoms with van der Waals surface area (Å²) in [4.78, 5) is 2.35. The van der Waals surface area contributed by atoms with Crippen molar-refractivity contribution >= 4 is 33.1 Å². The highest BCUT2D eigenvalue weighted by atomic mass is 15.1. The Hall–Kier alpha value is -2.87. The molecule has 2 nitrogen and oxygen atoms in total. The van der Waals surface area contributed by atoms with Gasteiger partial charge in [-0.3, -0.25) is 0 Å². The van der Waals surface area contributed by atoms with Gasteiger partial charge in [0.2, 0.25) is 11.2 Å². The van der Waals surface area contributed by atoms with Crippen LogP contribution in [0.15, 0.2) is 48.5 Å². The normalized spacial score (nSPS) is 12.7. The molecule has 0 fully saturated rings. The predicted octanol–water partition coefficient (Wildman–Crippen LogP) is 5.49. The Morgan fingerprint density at radius 3 is 2.23 bits per heavy atom. The smallest absolute Gasteiger partial charge is 0.224 e. The average molecular weight is 339 g/mol. The van der Waals surface area contributed by atoms with Crippen molar-refractivity contribution in [3.63, 3.8) is 0 Å². The van der Waals surface area contributed by atoms with E-state index in [1.807, 2.05) is 0 Å². The van der Waals surface area contributed by atoms with Gasteiger partial charge in [0.25, 0.3) is 0 Å². The van der Waals surface area contributed by atoms with Crippen molar-refractivity contribution in [2.24, 2.45) is 7.05 Å². The van der Waals surface area contributed by atoms with Crippen LogP contribution in [0.5, 0.6) is 0 Å². The van der Waals surface area contributed by atoms with E-state index in [1.54, 1.807) is 0 Å². The third kappa shape index (κ3) is 1.90. The molecule has 0 unspecified atom stereocenters. The standard InChI is InChI=1S/C24H23N2/c1-14-6-8-17-19-10-16(3)13-22-23(19)24(26(5)20(17)11-14)18-9-7-15(2)12-21(18)25(22)4/h6-13H,1-5H3/q+1. The number of fused-ring (bicyclic) bond motifs is 4. The first-order chi connectivity index (χ1) is 12.5. The van der Waals surface area contributed by atoms with E-state index in [-0.39, 0.29) is 0 Å². The molecule has 1 aliphatic rings. The molecule has 3 aromatic carbocycles. The summed E-state index contributed by atoms with van der Waals surface area (Å²) in [7, 11) is 4.39. The summed E-state index contributed by atoms with van der Waals surface area (Å²) in [6, 6.07) is 18.3. The molecule has 1 aromatic heterocycles. The quantitative estimate of drug-likeness (QED) is 0.303. The molecule has 0 aliphatic carbocycles. The van der Waals surface area contributed by atoms with E-state index in [2.05, 4.69) is 92.9 Å². The van der Waals surface area contributed by atoms with Gasteiger partial charge in [0.1, 0.15) is 7.05 Å². The second kappa shape index (κ2) is 5.07.